The van der Waals surface area contributed by atoms with E-state index in [1.165, 1.54) is 0 Å². The highest BCUT2D eigenvalue weighted by atomic mass is 16.8. The van der Waals surface area contributed by atoms with Crippen molar-refractivity contribution in [2.24, 2.45) is 0 Å². The van der Waals surface area contributed by atoms with Gasteiger partial charge in [0.1, 0.15) is 171 Å². The summed E-state index contributed by atoms with van der Waals surface area (Å²) in [6.07, 6.45) is -70.2. The summed E-state index contributed by atoms with van der Waals surface area (Å²) in [6.45, 7) is -7.33. The van der Waals surface area contributed by atoms with Crippen LogP contribution in [0.1, 0.15) is 0 Å². The van der Waals surface area contributed by atoms with Crippen LogP contribution in [0.5, 0.6) is 0 Å². The van der Waals surface area contributed by atoms with Crippen LogP contribution in [0.2, 0.25) is 0 Å². The van der Waals surface area contributed by atoms with Gasteiger partial charge in [-0.25, -0.2) is 0 Å². The summed E-state index contributed by atoms with van der Waals surface area (Å²) in [6, 6.07) is 0. The molecular formula is C42H92O46. The molecule has 21 heterocycles. The Morgan fingerprint density at radius 1 is 0.148 bits per heavy atom. The Kier molecular flexibility index (Phi) is 41.2. The van der Waals surface area contributed by atoms with Gasteiger partial charge in [-0.05, 0) is 0 Å². The summed E-state index contributed by atoms with van der Waals surface area (Å²) < 4.78 is 79.5. The van der Waals surface area contributed by atoms with Gasteiger partial charge in [0.15, 0.2) is 44.0 Å². The molecular weight excluding hydrogens is 1240 g/mol. The molecule has 43 N–H and O–H groups in total. The fourth-order valence-electron chi connectivity index (χ4n) is 10.4. The van der Waals surface area contributed by atoms with E-state index in [1.807, 2.05) is 0 Å². The van der Waals surface area contributed by atoms with Gasteiger partial charge in [0.25, 0.3) is 0 Å². The van der Waals surface area contributed by atoms with E-state index in [-0.39, 0.29) is 60.2 Å². The molecule has 21 rings (SSSR count). The largest absolute Gasteiger partial charge is 0.412 e. The molecule has 21 fully saturated rings. The second-order valence-electron chi connectivity index (χ2n) is 19.7. The van der Waals surface area contributed by atoms with Crippen LogP contribution < -0.4 is 0 Å². The average Bonchev–Trinajstić information content (AvgIpc) is 3.64. The third kappa shape index (κ3) is 17.9. The first-order chi connectivity index (χ1) is 36.7. The quantitative estimate of drug-likeness (QED) is 0.113. The second kappa shape index (κ2) is 39.1. The van der Waals surface area contributed by atoms with E-state index < -0.39 is 261 Å². The highest BCUT2D eigenvalue weighted by molar-refractivity contribution is 5.01. The van der Waals surface area contributed by atoms with E-state index in [9.17, 15) is 107 Å². The molecule has 21 aliphatic heterocycles. The van der Waals surface area contributed by atoms with Gasteiger partial charge in [-0.15, -0.1) is 0 Å². The van der Waals surface area contributed by atoms with Crippen molar-refractivity contribution in [1.29, 1.82) is 0 Å². The first kappa shape index (κ1) is 92.6. The van der Waals surface area contributed by atoms with Crippen LogP contribution in [0.25, 0.3) is 0 Å². The van der Waals surface area contributed by atoms with Crippen molar-refractivity contribution in [2.75, 3.05) is 46.2 Å². The van der Waals surface area contributed by atoms with Crippen molar-refractivity contribution in [3.8, 4) is 0 Å². The average molecular weight is 1330 g/mol. The minimum Gasteiger partial charge on any atom is -0.412 e. The van der Waals surface area contributed by atoms with Crippen LogP contribution in [0.3, 0.4) is 0 Å². The molecule has 0 amide bonds. The van der Waals surface area contributed by atoms with Crippen LogP contribution in [-0.2, 0) is 66.3 Å². The SMILES string of the molecule is O.O.O.O.O.O.O.O.O.O.O.OC[C@H]1O[C@@H]2O[C@H]3[C@H](O)[C@@H](O)[C@@H](O[C@H]4[C@H](O)[C@@H](O)[C@@H](O[C@H]5[C@H](O)[C@@H](O)[C@@H](O[C@H]6[C@H](O)[C@@H](O)[C@@H](O[C@H]7[C@H](O)[C@@H](O)[C@@H](O[C@H]8[C@H](O)[C@@H](O)[C@@H](O[C@H]1[C@H](O)[C@H]2O)O[C@@H]8CO)O[C@@H]7CO)O[C@@H]6CO)O[C@@H]5CO)O[C@@H]4CO)O[C@@H]3CO. The third-order valence-electron chi connectivity index (χ3n) is 14.8. The fraction of sp³-hybridized carbons (Fsp3) is 1.00. The normalized spacial score (nSPS) is 48.4. The minimum atomic E-state index is -2.21. The Hall–Kier alpha value is -1.84. The molecule has 35 atom stereocenters. The molecule has 0 aliphatic carbocycles. The predicted molar refractivity (Wildman–Crippen MR) is 268 cm³/mol. The van der Waals surface area contributed by atoms with Gasteiger partial charge in [-0.1, -0.05) is 0 Å². The lowest BCUT2D eigenvalue weighted by Crippen LogP contribution is -2.68. The Morgan fingerprint density at radius 2 is 0.239 bits per heavy atom. The van der Waals surface area contributed by atoms with Crippen molar-refractivity contribution in [3.05, 3.63) is 0 Å². The van der Waals surface area contributed by atoms with Gasteiger partial charge in [0.2, 0.25) is 0 Å². The zero-order valence-electron chi connectivity index (χ0n) is 45.8. The molecule has 0 unspecified atom stereocenters. The Balaban J connectivity index is -0.00000321. The molecule has 0 saturated carbocycles. The lowest BCUT2D eigenvalue weighted by molar-refractivity contribution is -0.396. The standard InChI is InChI=1S/C42H70O35.11H2O/c43-1-8-29-15(50)22(57)36(64-8)72-30-9(2-44)66-38(24(59)17(30)52)74-32-11(4-46)68-40(26(61)19(32)54)76-34-13(6-48)70-42(28(63)21(34)56)77-35-14(7-49)69-41(27(62)20(35)55)75-33-12(5-47)67-39(25(60)18(33)53)73-31-10(3-45)65-37(71-29)23(58)16(31)51;;;;;;;;;;;/h8-63H,1-7H2;11*1H2/t8-,9-,10-,11-,12-,13-,14-,15-,16-,17-,18-,19-,20-,21-,22-,23-,24-,25-,26-,27-,28-,29-,30-,31-,32-,33-,34-,35-,36-,37-,38-,39-,40-,41-,42-;;;;;;;;;;;/m1.........../s1. The summed E-state index contributed by atoms with van der Waals surface area (Å²) in [4.78, 5) is 0. The highest BCUT2D eigenvalue weighted by Gasteiger charge is 2.59. The molecule has 21 saturated heterocycles. The topological polar surface area (TPSA) is 901 Å². The molecule has 88 heavy (non-hydrogen) atoms. The molecule has 14 bridgehead atoms. The van der Waals surface area contributed by atoms with Gasteiger partial charge >= 0.3 is 0 Å². The minimum absolute atomic E-state index is 0. The van der Waals surface area contributed by atoms with Crippen molar-refractivity contribution in [3.63, 3.8) is 0 Å². The maximum atomic E-state index is 11.3. The smallest absolute Gasteiger partial charge is 0.187 e. The number of hydrogen-bond donors (Lipinski definition) is 21. The Labute approximate surface area is 494 Å². The van der Waals surface area contributed by atoms with Gasteiger partial charge in [-0.3, -0.25) is 0 Å². The number of rotatable bonds is 7. The first-order valence-electron chi connectivity index (χ1n) is 24.6. The molecule has 536 valence electrons. The second-order valence-corrected chi connectivity index (χ2v) is 19.7. The summed E-state index contributed by atoms with van der Waals surface area (Å²) in [5.41, 5.74) is 0. The van der Waals surface area contributed by atoms with Crippen LogP contribution in [0.15, 0.2) is 0 Å². The molecule has 46 nitrogen and oxygen atoms in total. The van der Waals surface area contributed by atoms with Crippen LogP contribution >= 0.6 is 0 Å². The van der Waals surface area contributed by atoms with Crippen molar-refractivity contribution >= 4 is 0 Å². The molecule has 0 radical (unpaired) electrons. The van der Waals surface area contributed by atoms with Gasteiger partial charge in [-0.2, -0.15) is 0 Å². The Bertz CT molecular complexity index is 1480. The maximum absolute atomic E-state index is 11.3. The summed E-state index contributed by atoms with van der Waals surface area (Å²) in [7, 11) is 0. The van der Waals surface area contributed by atoms with E-state index in [1.54, 1.807) is 0 Å². The van der Waals surface area contributed by atoms with E-state index in [4.69, 9.17) is 66.3 Å². The van der Waals surface area contributed by atoms with Crippen molar-refractivity contribution in [1.82, 2.24) is 0 Å². The van der Waals surface area contributed by atoms with Crippen LogP contribution in [-0.4, -0.2) is 429 Å². The Morgan fingerprint density at radius 3 is 0.318 bits per heavy atom. The number of hydrogen-bond acceptors (Lipinski definition) is 35. The van der Waals surface area contributed by atoms with Gasteiger partial charge in [0, 0.05) is 0 Å². The number of aliphatic hydroxyl groups excluding tert-OH is 21. The van der Waals surface area contributed by atoms with Crippen LogP contribution in [0, 0.1) is 0 Å². The lowest BCUT2D eigenvalue weighted by atomic mass is 9.95. The van der Waals surface area contributed by atoms with Crippen molar-refractivity contribution < 1.29 is 234 Å². The predicted octanol–water partition coefficient (Wildman–Crippen LogP) is -24.3. The third-order valence-corrected chi connectivity index (χ3v) is 14.8. The van der Waals surface area contributed by atoms with Crippen LogP contribution in [0.4, 0.5) is 0 Å². The zero-order valence-corrected chi connectivity index (χ0v) is 45.8. The van der Waals surface area contributed by atoms with E-state index in [2.05, 4.69) is 0 Å². The molecule has 0 aromatic heterocycles. The zero-order chi connectivity index (χ0) is 56.1. The van der Waals surface area contributed by atoms with Gasteiger partial charge in [0.05, 0.1) is 46.2 Å². The summed E-state index contributed by atoms with van der Waals surface area (Å²) in [5.74, 6) is 0. The molecule has 0 aromatic rings. The maximum Gasteiger partial charge on any atom is 0.187 e. The van der Waals surface area contributed by atoms with Gasteiger partial charge < -0.3 is 234 Å². The number of aliphatic hydroxyl groups is 21. The van der Waals surface area contributed by atoms with Crippen molar-refractivity contribution in [2.45, 2.75) is 215 Å². The highest BCUT2D eigenvalue weighted by Crippen LogP contribution is 2.39. The summed E-state index contributed by atoms with van der Waals surface area (Å²) in [5, 5.41) is 230. The first-order valence-corrected chi connectivity index (χ1v) is 24.6. The molecule has 46 heteroatoms. The monoisotopic (exact) mass is 1330 g/mol. The van der Waals surface area contributed by atoms with E-state index >= 15 is 0 Å². The molecule has 0 aromatic carbocycles. The molecule has 21 aliphatic rings. The number of ether oxygens (including phenoxy) is 14. The van der Waals surface area contributed by atoms with E-state index in [0.29, 0.717) is 0 Å². The summed E-state index contributed by atoms with van der Waals surface area (Å²) >= 11 is 0. The van der Waals surface area contributed by atoms with E-state index in [0.717, 1.165) is 0 Å². The molecule has 0 spiro atoms. The lowest BCUT2D eigenvalue weighted by Gasteiger charge is -2.50. The fourth-order valence-corrected chi connectivity index (χ4v) is 10.4.